The Labute approximate surface area is 170 Å². The van der Waals surface area contributed by atoms with Gasteiger partial charge in [-0.15, -0.1) is 0 Å². The van der Waals surface area contributed by atoms with Crippen LogP contribution in [-0.4, -0.2) is 0 Å². The molecule has 4 rings (SSSR count). The first-order chi connectivity index (χ1) is 14.1. The van der Waals surface area contributed by atoms with E-state index in [-0.39, 0.29) is 5.58 Å². The van der Waals surface area contributed by atoms with Crippen molar-refractivity contribution < 1.29 is 8.81 Å². The predicted octanol–water partition coefficient (Wildman–Crippen LogP) is 7.05. The van der Waals surface area contributed by atoms with Gasteiger partial charge in [0.05, 0.1) is 5.39 Å². The third-order valence-corrected chi connectivity index (χ3v) is 5.53. The van der Waals surface area contributed by atoms with Crippen molar-refractivity contribution in [1.29, 1.82) is 0 Å². The van der Waals surface area contributed by atoms with Crippen molar-refractivity contribution in [3.63, 3.8) is 0 Å². The minimum absolute atomic E-state index is 0.0628. The normalized spacial score (nSPS) is 11.4. The fourth-order valence-electron chi connectivity index (χ4n) is 3.90. The standard InChI is InChI=1S/C26H25FO2/c1-3-5-7-19-12-15-22-21-14-13-20(18-10-8-17(6-4-2)9-11-18)16-23(21)26(28)29-25(22)24(19)27/h8-16H,3-7H2,1-2H3. The third-order valence-electron chi connectivity index (χ3n) is 5.53. The van der Waals surface area contributed by atoms with E-state index in [9.17, 15) is 9.18 Å². The lowest BCUT2D eigenvalue weighted by Gasteiger charge is -2.09. The molecule has 148 valence electrons. The highest BCUT2D eigenvalue weighted by Crippen LogP contribution is 2.30. The minimum Gasteiger partial charge on any atom is -0.419 e. The Balaban J connectivity index is 1.82. The summed E-state index contributed by atoms with van der Waals surface area (Å²) in [7, 11) is 0. The first-order valence-electron chi connectivity index (χ1n) is 10.4. The van der Waals surface area contributed by atoms with Crippen molar-refractivity contribution >= 4 is 21.7 Å². The van der Waals surface area contributed by atoms with Gasteiger partial charge in [0, 0.05) is 10.8 Å². The summed E-state index contributed by atoms with van der Waals surface area (Å²) in [5.41, 5.74) is 3.47. The molecule has 0 atom stereocenters. The number of halogens is 1. The first kappa shape index (κ1) is 19.4. The van der Waals surface area contributed by atoms with Gasteiger partial charge >= 0.3 is 5.63 Å². The smallest absolute Gasteiger partial charge is 0.344 e. The van der Waals surface area contributed by atoms with Crippen LogP contribution in [0.15, 0.2) is 63.8 Å². The van der Waals surface area contributed by atoms with Crippen LogP contribution in [0.25, 0.3) is 32.9 Å². The number of fused-ring (bicyclic) bond motifs is 3. The molecule has 0 spiro atoms. The van der Waals surface area contributed by atoms with Gasteiger partial charge in [0.2, 0.25) is 0 Å². The lowest BCUT2D eigenvalue weighted by molar-refractivity contribution is 0.523. The van der Waals surface area contributed by atoms with E-state index in [1.54, 1.807) is 0 Å². The number of unbranched alkanes of at least 4 members (excludes halogenated alkanes) is 1. The van der Waals surface area contributed by atoms with Gasteiger partial charge in [0.15, 0.2) is 11.4 Å². The fourth-order valence-corrected chi connectivity index (χ4v) is 3.90. The first-order valence-corrected chi connectivity index (χ1v) is 10.4. The van der Waals surface area contributed by atoms with E-state index < -0.39 is 11.4 Å². The van der Waals surface area contributed by atoms with Crippen LogP contribution < -0.4 is 5.63 Å². The van der Waals surface area contributed by atoms with Gasteiger partial charge < -0.3 is 4.42 Å². The Kier molecular flexibility index (Phi) is 5.48. The molecule has 3 aromatic carbocycles. The maximum atomic E-state index is 14.9. The van der Waals surface area contributed by atoms with E-state index in [0.29, 0.717) is 22.8 Å². The zero-order valence-electron chi connectivity index (χ0n) is 16.9. The van der Waals surface area contributed by atoms with E-state index in [2.05, 4.69) is 38.1 Å². The summed E-state index contributed by atoms with van der Waals surface area (Å²) in [6.45, 7) is 4.23. The second-order valence-corrected chi connectivity index (χ2v) is 7.62. The SMILES string of the molecule is CCCCc1ccc2c(oc(=O)c3cc(-c4ccc(CCC)cc4)ccc32)c1F. The second-order valence-electron chi connectivity index (χ2n) is 7.62. The largest absolute Gasteiger partial charge is 0.419 e. The minimum atomic E-state index is -0.497. The van der Waals surface area contributed by atoms with E-state index >= 15 is 0 Å². The van der Waals surface area contributed by atoms with E-state index in [1.807, 2.05) is 30.3 Å². The molecule has 0 aliphatic rings. The topological polar surface area (TPSA) is 30.2 Å². The number of benzene rings is 3. The summed E-state index contributed by atoms with van der Waals surface area (Å²) >= 11 is 0. The molecule has 0 amide bonds. The molecule has 0 saturated heterocycles. The van der Waals surface area contributed by atoms with Gasteiger partial charge in [-0.3, -0.25) is 0 Å². The Morgan fingerprint density at radius 1 is 0.793 bits per heavy atom. The molecular formula is C26H25FO2. The van der Waals surface area contributed by atoms with Crippen molar-refractivity contribution in [2.75, 3.05) is 0 Å². The quantitative estimate of drug-likeness (QED) is 0.262. The molecule has 4 aromatic rings. The van der Waals surface area contributed by atoms with Crippen LogP contribution in [0.2, 0.25) is 0 Å². The van der Waals surface area contributed by atoms with Gasteiger partial charge in [-0.25, -0.2) is 9.18 Å². The molecule has 3 heteroatoms. The Bertz CT molecular complexity index is 1220. The van der Waals surface area contributed by atoms with Gasteiger partial charge in [-0.1, -0.05) is 75.2 Å². The van der Waals surface area contributed by atoms with Crippen LogP contribution in [0.5, 0.6) is 0 Å². The zero-order chi connectivity index (χ0) is 20.4. The Morgan fingerprint density at radius 3 is 2.24 bits per heavy atom. The van der Waals surface area contributed by atoms with E-state index in [0.717, 1.165) is 42.2 Å². The van der Waals surface area contributed by atoms with Gasteiger partial charge in [-0.05, 0) is 47.6 Å². The van der Waals surface area contributed by atoms with Crippen LogP contribution in [0.3, 0.4) is 0 Å². The lowest BCUT2D eigenvalue weighted by Crippen LogP contribution is -2.02. The van der Waals surface area contributed by atoms with Crippen LogP contribution >= 0.6 is 0 Å². The lowest BCUT2D eigenvalue weighted by atomic mass is 9.98. The summed E-state index contributed by atoms with van der Waals surface area (Å²) in [4.78, 5) is 12.7. The van der Waals surface area contributed by atoms with Crippen LogP contribution in [0, 0.1) is 5.82 Å². The second kappa shape index (κ2) is 8.20. The fraction of sp³-hybridized carbons (Fsp3) is 0.269. The molecule has 1 aromatic heterocycles. The Morgan fingerprint density at radius 2 is 1.52 bits per heavy atom. The number of hydrogen-bond donors (Lipinski definition) is 0. The average Bonchev–Trinajstić information content (AvgIpc) is 2.74. The molecule has 1 heterocycles. The molecule has 0 bridgehead atoms. The monoisotopic (exact) mass is 388 g/mol. The van der Waals surface area contributed by atoms with Crippen molar-refractivity contribution in [2.45, 2.75) is 46.0 Å². The molecular weight excluding hydrogens is 363 g/mol. The molecule has 0 aliphatic carbocycles. The van der Waals surface area contributed by atoms with Crippen molar-refractivity contribution in [2.24, 2.45) is 0 Å². The third kappa shape index (κ3) is 3.69. The van der Waals surface area contributed by atoms with Crippen molar-refractivity contribution in [3.8, 4) is 11.1 Å². The van der Waals surface area contributed by atoms with E-state index in [4.69, 9.17) is 4.42 Å². The molecule has 0 aliphatic heterocycles. The molecule has 0 N–H and O–H groups in total. The molecule has 29 heavy (non-hydrogen) atoms. The summed E-state index contributed by atoms with van der Waals surface area (Å²) in [6.07, 6.45) is 4.70. The zero-order valence-corrected chi connectivity index (χ0v) is 16.9. The van der Waals surface area contributed by atoms with Crippen LogP contribution in [0.1, 0.15) is 44.2 Å². The predicted molar refractivity (Wildman–Crippen MR) is 118 cm³/mol. The highest BCUT2D eigenvalue weighted by molar-refractivity contribution is 6.05. The summed E-state index contributed by atoms with van der Waals surface area (Å²) in [5.74, 6) is -0.412. The average molecular weight is 388 g/mol. The van der Waals surface area contributed by atoms with Crippen LogP contribution in [0.4, 0.5) is 4.39 Å². The summed E-state index contributed by atoms with van der Waals surface area (Å²) in [6, 6.07) is 17.8. The van der Waals surface area contributed by atoms with Gasteiger partial charge in [0.1, 0.15) is 0 Å². The molecule has 0 saturated carbocycles. The molecule has 0 unspecified atom stereocenters. The van der Waals surface area contributed by atoms with Crippen molar-refractivity contribution in [1.82, 2.24) is 0 Å². The number of rotatable bonds is 6. The molecule has 2 nitrogen and oxygen atoms in total. The maximum absolute atomic E-state index is 14.9. The Hall–Kier alpha value is -2.94. The molecule has 0 fully saturated rings. The maximum Gasteiger partial charge on any atom is 0.344 e. The van der Waals surface area contributed by atoms with Crippen molar-refractivity contribution in [3.05, 3.63) is 82.0 Å². The summed E-state index contributed by atoms with van der Waals surface area (Å²) < 4.78 is 20.4. The summed E-state index contributed by atoms with van der Waals surface area (Å²) in [5, 5.41) is 1.85. The highest BCUT2D eigenvalue weighted by Gasteiger charge is 2.15. The van der Waals surface area contributed by atoms with E-state index in [1.165, 1.54) is 5.56 Å². The molecule has 0 radical (unpaired) electrons. The highest BCUT2D eigenvalue weighted by atomic mass is 19.1. The number of hydrogen-bond acceptors (Lipinski definition) is 2. The van der Waals surface area contributed by atoms with Gasteiger partial charge in [-0.2, -0.15) is 0 Å². The number of aryl methyl sites for hydroxylation is 2. The van der Waals surface area contributed by atoms with Gasteiger partial charge in [0.25, 0.3) is 0 Å². The van der Waals surface area contributed by atoms with Crippen LogP contribution in [-0.2, 0) is 12.8 Å².